The Hall–Kier alpha value is -0.130. The van der Waals surface area contributed by atoms with E-state index in [4.69, 9.17) is 0 Å². The normalized spacial score (nSPS) is 34.1. The van der Waals surface area contributed by atoms with Crippen LogP contribution < -0.4 is 5.32 Å². The standard InChI is InChI=1S/C12H24N2O2S/c1-12(2)10-14(7-4-6-13-12)11-5-3-8-17(15,16)9-11/h11,13H,3-10H2,1-2H3. The summed E-state index contributed by atoms with van der Waals surface area (Å²) in [6.07, 6.45) is 2.98. The van der Waals surface area contributed by atoms with Gasteiger partial charge in [-0.05, 0) is 46.2 Å². The lowest BCUT2D eigenvalue weighted by Crippen LogP contribution is -2.51. The van der Waals surface area contributed by atoms with Gasteiger partial charge in [-0.15, -0.1) is 0 Å². The van der Waals surface area contributed by atoms with Crippen molar-refractivity contribution in [3.8, 4) is 0 Å². The largest absolute Gasteiger partial charge is 0.310 e. The number of nitrogens with one attached hydrogen (secondary N) is 1. The summed E-state index contributed by atoms with van der Waals surface area (Å²) in [7, 11) is -2.79. The van der Waals surface area contributed by atoms with Crippen molar-refractivity contribution in [2.24, 2.45) is 0 Å². The van der Waals surface area contributed by atoms with Crippen LogP contribution in [0.3, 0.4) is 0 Å². The van der Waals surface area contributed by atoms with E-state index in [0.29, 0.717) is 11.5 Å². The molecule has 1 N–H and O–H groups in total. The first-order valence-corrected chi connectivity index (χ1v) is 8.40. The van der Waals surface area contributed by atoms with Gasteiger partial charge in [0.1, 0.15) is 0 Å². The van der Waals surface area contributed by atoms with Crippen LogP contribution in [-0.2, 0) is 9.84 Å². The molecule has 0 saturated carbocycles. The molecule has 2 fully saturated rings. The first-order valence-electron chi connectivity index (χ1n) is 6.57. The van der Waals surface area contributed by atoms with E-state index in [2.05, 4.69) is 24.1 Å². The van der Waals surface area contributed by atoms with Crippen molar-refractivity contribution in [3.63, 3.8) is 0 Å². The minimum absolute atomic E-state index is 0.0949. The molecule has 0 amide bonds. The maximum absolute atomic E-state index is 11.7. The molecule has 17 heavy (non-hydrogen) atoms. The van der Waals surface area contributed by atoms with E-state index >= 15 is 0 Å². The fourth-order valence-corrected chi connectivity index (χ4v) is 4.69. The Morgan fingerprint density at radius 1 is 1.29 bits per heavy atom. The molecule has 1 atom stereocenters. The van der Waals surface area contributed by atoms with Gasteiger partial charge in [-0.25, -0.2) is 8.42 Å². The van der Waals surface area contributed by atoms with E-state index in [0.717, 1.165) is 38.9 Å². The molecule has 2 aliphatic heterocycles. The molecule has 0 aromatic carbocycles. The highest BCUT2D eigenvalue weighted by Gasteiger charge is 2.33. The van der Waals surface area contributed by atoms with Crippen molar-refractivity contribution in [2.45, 2.75) is 44.7 Å². The predicted molar refractivity (Wildman–Crippen MR) is 69.9 cm³/mol. The van der Waals surface area contributed by atoms with E-state index in [1.165, 1.54) is 0 Å². The van der Waals surface area contributed by atoms with Crippen molar-refractivity contribution in [2.75, 3.05) is 31.1 Å². The molecule has 0 aliphatic carbocycles. The average Bonchev–Trinajstić information content (AvgIpc) is 2.37. The highest BCUT2D eigenvalue weighted by atomic mass is 32.2. The van der Waals surface area contributed by atoms with Gasteiger partial charge < -0.3 is 5.32 Å². The molecule has 0 bridgehead atoms. The first kappa shape index (κ1) is 13.3. The summed E-state index contributed by atoms with van der Waals surface area (Å²) >= 11 is 0. The molecule has 100 valence electrons. The summed E-state index contributed by atoms with van der Waals surface area (Å²) in [5.41, 5.74) is 0.0949. The zero-order valence-corrected chi connectivity index (χ0v) is 11.7. The molecule has 0 aromatic rings. The number of hydrogen-bond acceptors (Lipinski definition) is 4. The Bertz CT molecular complexity index is 365. The molecule has 4 nitrogen and oxygen atoms in total. The van der Waals surface area contributed by atoms with Crippen LogP contribution in [0.1, 0.15) is 33.1 Å². The second-order valence-corrected chi connectivity index (χ2v) is 8.27. The topological polar surface area (TPSA) is 49.4 Å². The van der Waals surface area contributed by atoms with Gasteiger partial charge in [0.15, 0.2) is 9.84 Å². The smallest absolute Gasteiger partial charge is 0.151 e. The van der Waals surface area contributed by atoms with Gasteiger partial charge in [-0.3, -0.25) is 4.90 Å². The minimum Gasteiger partial charge on any atom is -0.310 e. The van der Waals surface area contributed by atoms with Crippen LogP contribution in [0.5, 0.6) is 0 Å². The summed E-state index contributed by atoms with van der Waals surface area (Å²) in [5.74, 6) is 0.752. The summed E-state index contributed by atoms with van der Waals surface area (Å²) < 4.78 is 23.4. The van der Waals surface area contributed by atoms with E-state index in [1.807, 2.05) is 0 Å². The molecule has 2 rings (SSSR count). The van der Waals surface area contributed by atoms with Crippen LogP contribution >= 0.6 is 0 Å². The molecule has 2 heterocycles. The number of hydrogen-bond donors (Lipinski definition) is 1. The van der Waals surface area contributed by atoms with E-state index in [9.17, 15) is 8.42 Å². The third-order valence-electron chi connectivity index (χ3n) is 3.78. The van der Waals surface area contributed by atoms with Gasteiger partial charge in [0.2, 0.25) is 0 Å². The molecule has 1 unspecified atom stereocenters. The van der Waals surface area contributed by atoms with Crippen molar-refractivity contribution >= 4 is 9.84 Å². The summed E-state index contributed by atoms with van der Waals surface area (Å²) in [5, 5.41) is 3.52. The second kappa shape index (κ2) is 4.86. The lowest BCUT2D eigenvalue weighted by molar-refractivity contribution is 0.170. The van der Waals surface area contributed by atoms with Crippen molar-refractivity contribution in [1.82, 2.24) is 10.2 Å². The lowest BCUT2D eigenvalue weighted by atomic mass is 10.0. The van der Waals surface area contributed by atoms with Gasteiger partial charge in [0.05, 0.1) is 11.5 Å². The van der Waals surface area contributed by atoms with Crippen LogP contribution in [0.4, 0.5) is 0 Å². The van der Waals surface area contributed by atoms with E-state index in [-0.39, 0.29) is 11.6 Å². The summed E-state index contributed by atoms with van der Waals surface area (Å²) in [6, 6.07) is 0.243. The van der Waals surface area contributed by atoms with E-state index < -0.39 is 9.84 Å². The zero-order chi connectivity index (χ0) is 12.5. The lowest BCUT2D eigenvalue weighted by Gasteiger charge is -2.37. The highest BCUT2D eigenvalue weighted by molar-refractivity contribution is 7.91. The SMILES string of the molecule is CC1(C)CN(C2CCCS(=O)(=O)C2)CCCN1. The van der Waals surface area contributed by atoms with Gasteiger partial charge >= 0.3 is 0 Å². The monoisotopic (exact) mass is 260 g/mol. The predicted octanol–water partition coefficient (Wildman–Crippen LogP) is 0.638. The van der Waals surface area contributed by atoms with Crippen molar-refractivity contribution in [1.29, 1.82) is 0 Å². The fraction of sp³-hybridized carbons (Fsp3) is 1.00. The molecule has 0 radical (unpaired) electrons. The van der Waals surface area contributed by atoms with Crippen molar-refractivity contribution < 1.29 is 8.42 Å². The van der Waals surface area contributed by atoms with Crippen LogP contribution in [0.2, 0.25) is 0 Å². The number of rotatable bonds is 1. The Balaban J connectivity index is 2.05. The first-order chi connectivity index (χ1) is 7.88. The molecular weight excluding hydrogens is 236 g/mol. The van der Waals surface area contributed by atoms with E-state index in [1.54, 1.807) is 0 Å². The van der Waals surface area contributed by atoms with Gasteiger partial charge in [-0.1, -0.05) is 0 Å². The Kier molecular flexibility index (Phi) is 3.80. The summed E-state index contributed by atoms with van der Waals surface area (Å²) in [6.45, 7) is 7.40. The molecule has 0 spiro atoms. The van der Waals surface area contributed by atoms with Gasteiger partial charge in [-0.2, -0.15) is 0 Å². The van der Waals surface area contributed by atoms with Crippen LogP contribution in [0, 0.1) is 0 Å². The van der Waals surface area contributed by atoms with Crippen LogP contribution in [0.25, 0.3) is 0 Å². The Morgan fingerprint density at radius 2 is 2.06 bits per heavy atom. The van der Waals surface area contributed by atoms with Gasteiger partial charge in [0.25, 0.3) is 0 Å². The van der Waals surface area contributed by atoms with Crippen LogP contribution in [0.15, 0.2) is 0 Å². The average molecular weight is 260 g/mol. The third-order valence-corrected chi connectivity index (χ3v) is 5.58. The minimum atomic E-state index is -2.79. The quantitative estimate of drug-likeness (QED) is 0.751. The molecular formula is C12H24N2O2S. The fourth-order valence-electron chi connectivity index (χ4n) is 2.95. The summed E-state index contributed by atoms with van der Waals surface area (Å²) in [4.78, 5) is 2.39. The van der Waals surface area contributed by atoms with Crippen LogP contribution in [-0.4, -0.2) is 56.0 Å². The maximum Gasteiger partial charge on any atom is 0.151 e. The molecule has 2 saturated heterocycles. The maximum atomic E-state index is 11.7. The molecule has 0 aromatic heterocycles. The zero-order valence-electron chi connectivity index (χ0n) is 10.9. The third kappa shape index (κ3) is 3.66. The Morgan fingerprint density at radius 3 is 2.76 bits per heavy atom. The molecule has 5 heteroatoms. The highest BCUT2D eigenvalue weighted by Crippen LogP contribution is 2.21. The van der Waals surface area contributed by atoms with Gasteiger partial charge in [0, 0.05) is 18.1 Å². The van der Waals surface area contributed by atoms with Crippen molar-refractivity contribution in [3.05, 3.63) is 0 Å². The number of sulfone groups is 1. The second-order valence-electron chi connectivity index (χ2n) is 6.05. The Labute approximate surface area is 105 Å². The molecule has 2 aliphatic rings. The number of nitrogens with zero attached hydrogens (tertiary/aromatic N) is 1.